The molecule has 1 aromatic rings. The molecule has 2 saturated heterocycles. The number of hydrogen-bond donors (Lipinski definition) is 1. The summed E-state index contributed by atoms with van der Waals surface area (Å²) in [5, 5.41) is 3.52. The molecule has 1 amide bonds. The van der Waals surface area contributed by atoms with E-state index in [9.17, 15) is 4.79 Å². The van der Waals surface area contributed by atoms with E-state index in [4.69, 9.17) is 0 Å². The number of piperidine rings is 2. The first-order valence-corrected chi connectivity index (χ1v) is 8.69. The summed E-state index contributed by atoms with van der Waals surface area (Å²) in [6, 6.07) is 8.07. The maximum atomic E-state index is 12.6. The number of nitrogens with one attached hydrogen (secondary N) is 1. The monoisotopic (exact) mass is 350 g/mol. The first-order chi connectivity index (χ1) is 10.2. The lowest BCUT2D eigenvalue weighted by Gasteiger charge is -2.45. The van der Waals surface area contributed by atoms with Gasteiger partial charge in [0.15, 0.2) is 0 Å². The molecule has 114 valence electrons. The number of rotatable bonds is 2. The molecule has 1 aromatic carbocycles. The van der Waals surface area contributed by atoms with Gasteiger partial charge in [-0.15, -0.1) is 0 Å². The molecule has 21 heavy (non-hydrogen) atoms. The minimum atomic E-state index is 0.276. The van der Waals surface area contributed by atoms with E-state index < -0.39 is 0 Å². The number of benzene rings is 1. The fourth-order valence-electron chi connectivity index (χ4n) is 3.73. The Balaban J connectivity index is 1.64. The number of carbonyl (C=O) groups is 1. The van der Waals surface area contributed by atoms with Crippen molar-refractivity contribution in [2.75, 3.05) is 26.2 Å². The Morgan fingerprint density at radius 3 is 2.95 bits per heavy atom. The summed E-state index contributed by atoms with van der Waals surface area (Å²) in [7, 11) is 0. The molecule has 4 heteroatoms. The second kappa shape index (κ2) is 6.49. The van der Waals surface area contributed by atoms with Crippen molar-refractivity contribution in [3.63, 3.8) is 0 Å². The van der Waals surface area contributed by atoms with Crippen LogP contribution < -0.4 is 5.32 Å². The minimum Gasteiger partial charge on any atom is -0.342 e. The van der Waals surface area contributed by atoms with Crippen LogP contribution in [0, 0.1) is 5.41 Å². The van der Waals surface area contributed by atoms with Crippen LogP contribution >= 0.6 is 15.9 Å². The Hall–Kier alpha value is -0.870. The van der Waals surface area contributed by atoms with Crippen molar-refractivity contribution >= 4 is 21.8 Å². The van der Waals surface area contributed by atoms with Crippen LogP contribution in [0.1, 0.15) is 31.2 Å². The molecule has 1 N–H and O–H groups in total. The predicted octanol–water partition coefficient (Wildman–Crippen LogP) is 2.98. The molecule has 0 bridgehead atoms. The van der Waals surface area contributed by atoms with Gasteiger partial charge in [-0.2, -0.15) is 0 Å². The van der Waals surface area contributed by atoms with E-state index in [2.05, 4.69) is 26.1 Å². The molecule has 1 spiro atoms. The first kappa shape index (κ1) is 15.0. The Bertz CT molecular complexity index is 506. The van der Waals surface area contributed by atoms with Gasteiger partial charge in [0.1, 0.15) is 0 Å². The molecule has 0 aromatic heterocycles. The van der Waals surface area contributed by atoms with Crippen molar-refractivity contribution in [1.82, 2.24) is 10.2 Å². The molecule has 2 aliphatic rings. The van der Waals surface area contributed by atoms with Crippen molar-refractivity contribution in [1.29, 1.82) is 0 Å². The smallest absolute Gasteiger partial charge is 0.227 e. The molecule has 1 atom stereocenters. The van der Waals surface area contributed by atoms with Gasteiger partial charge in [0.05, 0.1) is 6.42 Å². The zero-order valence-electron chi connectivity index (χ0n) is 12.4. The highest BCUT2D eigenvalue weighted by Gasteiger charge is 2.37. The van der Waals surface area contributed by atoms with Gasteiger partial charge in [-0.1, -0.05) is 28.1 Å². The summed E-state index contributed by atoms with van der Waals surface area (Å²) in [5.74, 6) is 0.276. The minimum absolute atomic E-state index is 0.276. The third kappa shape index (κ3) is 3.67. The zero-order valence-corrected chi connectivity index (χ0v) is 14.0. The molecule has 2 heterocycles. The first-order valence-electron chi connectivity index (χ1n) is 7.90. The van der Waals surface area contributed by atoms with Gasteiger partial charge in [-0.25, -0.2) is 0 Å². The third-order valence-corrected chi connectivity index (χ3v) is 5.31. The number of likely N-dealkylation sites (tertiary alicyclic amines) is 1. The van der Waals surface area contributed by atoms with E-state index in [-0.39, 0.29) is 5.91 Å². The summed E-state index contributed by atoms with van der Waals surface area (Å²) in [5.41, 5.74) is 1.43. The zero-order chi connectivity index (χ0) is 14.7. The summed E-state index contributed by atoms with van der Waals surface area (Å²) < 4.78 is 1.04. The Morgan fingerprint density at radius 2 is 2.19 bits per heavy atom. The van der Waals surface area contributed by atoms with Gasteiger partial charge >= 0.3 is 0 Å². The predicted molar refractivity (Wildman–Crippen MR) is 88.2 cm³/mol. The van der Waals surface area contributed by atoms with Gasteiger partial charge in [0, 0.05) is 29.5 Å². The third-order valence-electron chi connectivity index (χ3n) is 4.82. The van der Waals surface area contributed by atoms with Crippen molar-refractivity contribution in [3.8, 4) is 0 Å². The standard InChI is InChI=1S/C17H23BrN2O/c18-15-5-1-4-14(10-15)11-16(21)20-9-3-7-17(13-20)6-2-8-19-12-17/h1,4-5,10,19H,2-3,6-9,11-13H2. The van der Waals surface area contributed by atoms with Crippen LogP contribution in [0.4, 0.5) is 0 Å². The fourth-order valence-corrected chi connectivity index (χ4v) is 4.18. The van der Waals surface area contributed by atoms with Crippen LogP contribution in [0.15, 0.2) is 28.7 Å². The van der Waals surface area contributed by atoms with Crippen LogP contribution in [0.2, 0.25) is 0 Å². The van der Waals surface area contributed by atoms with Crippen molar-refractivity contribution < 1.29 is 4.79 Å². The Kier molecular flexibility index (Phi) is 4.65. The molecule has 0 saturated carbocycles. The normalized spacial score (nSPS) is 26.0. The lowest BCUT2D eigenvalue weighted by Crippen LogP contribution is -2.52. The van der Waals surface area contributed by atoms with Gasteiger partial charge in [0.2, 0.25) is 5.91 Å². The number of nitrogens with zero attached hydrogens (tertiary/aromatic N) is 1. The largest absolute Gasteiger partial charge is 0.342 e. The van der Waals surface area contributed by atoms with E-state index in [0.717, 1.165) is 42.6 Å². The SMILES string of the molecule is O=C(Cc1cccc(Br)c1)N1CCCC2(CCCNC2)C1. The lowest BCUT2D eigenvalue weighted by molar-refractivity contribution is -0.134. The molecule has 1 unspecified atom stereocenters. The molecule has 3 rings (SSSR count). The summed E-state index contributed by atoms with van der Waals surface area (Å²) >= 11 is 3.47. The van der Waals surface area contributed by atoms with Gasteiger partial charge < -0.3 is 10.2 Å². The maximum absolute atomic E-state index is 12.6. The number of amides is 1. The summed E-state index contributed by atoms with van der Waals surface area (Å²) in [6.45, 7) is 4.07. The van der Waals surface area contributed by atoms with Gasteiger partial charge in [-0.3, -0.25) is 4.79 Å². The number of hydrogen-bond acceptors (Lipinski definition) is 2. The molecular formula is C17H23BrN2O. The van der Waals surface area contributed by atoms with E-state index in [1.165, 1.54) is 19.3 Å². The van der Waals surface area contributed by atoms with E-state index in [1.54, 1.807) is 0 Å². The van der Waals surface area contributed by atoms with Crippen molar-refractivity contribution in [2.24, 2.45) is 5.41 Å². The molecule has 0 aliphatic carbocycles. The van der Waals surface area contributed by atoms with Crippen molar-refractivity contribution in [3.05, 3.63) is 34.3 Å². The van der Waals surface area contributed by atoms with Crippen molar-refractivity contribution in [2.45, 2.75) is 32.1 Å². The van der Waals surface area contributed by atoms with Gasteiger partial charge in [-0.05, 0) is 49.9 Å². The van der Waals surface area contributed by atoms with Crippen LogP contribution in [0.5, 0.6) is 0 Å². The average molecular weight is 351 g/mol. The summed E-state index contributed by atoms with van der Waals surface area (Å²) in [4.78, 5) is 14.7. The topological polar surface area (TPSA) is 32.3 Å². The van der Waals surface area contributed by atoms with E-state index >= 15 is 0 Å². The molecule has 2 aliphatic heterocycles. The van der Waals surface area contributed by atoms with E-state index in [0.29, 0.717) is 11.8 Å². The highest BCUT2D eigenvalue weighted by molar-refractivity contribution is 9.10. The Morgan fingerprint density at radius 1 is 1.33 bits per heavy atom. The number of halogens is 1. The van der Waals surface area contributed by atoms with Crippen LogP contribution in [0.25, 0.3) is 0 Å². The molecular weight excluding hydrogens is 328 g/mol. The molecule has 0 radical (unpaired) electrons. The summed E-state index contributed by atoms with van der Waals surface area (Å²) in [6.07, 6.45) is 5.43. The molecule has 2 fully saturated rings. The van der Waals surface area contributed by atoms with Gasteiger partial charge in [0.25, 0.3) is 0 Å². The lowest BCUT2D eigenvalue weighted by atomic mass is 9.74. The second-order valence-electron chi connectivity index (χ2n) is 6.51. The highest BCUT2D eigenvalue weighted by atomic mass is 79.9. The van der Waals surface area contributed by atoms with Crippen LogP contribution in [-0.2, 0) is 11.2 Å². The van der Waals surface area contributed by atoms with E-state index in [1.807, 2.05) is 24.3 Å². The maximum Gasteiger partial charge on any atom is 0.227 e. The fraction of sp³-hybridized carbons (Fsp3) is 0.588. The quantitative estimate of drug-likeness (QED) is 0.889. The van der Waals surface area contributed by atoms with Crippen LogP contribution in [-0.4, -0.2) is 37.0 Å². The Labute approximate surface area is 135 Å². The second-order valence-corrected chi connectivity index (χ2v) is 7.42. The highest BCUT2D eigenvalue weighted by Crippen LogP contribution is 2.36. The average Bonchev–Trinajstić information content (AvgIpc) is 2.48. The van der Waals surface area contributed by atoms with Crippen LogP contribution in [0.3, 0.4) is 0 Å². The molecule has 3 nitrogen and oxygen atoms in total. The number of carbonyl (C=O) groups excluding carboxylic acids is 1.